The highest BCUT2D eigenvalue weighted by atomic mass is 32.2. The Morgan fingerprint density at radius 2 is 1.94 bits per heavy atom. The van der Waals surface area contributed by atoms with Crippen molar-refractivity contribution in [3.63, 3.8) is 0 Å². The summed E-state index contributed by atoms with van der Waals surface area (Å²) in [4.78, 5) is 0. The summed E-state index contributed by atoms with van der Waals surface area (Å²) in [6.45, 7) is 6.80. The minimum Gasteiger partial charge on any atom is -0.491 e. The zero-order chi connectivity index (χ0) is 13.5. The topological polar surface area (TPSA) is 52.3 Å². The lowest BCUT2D eigenvalue weighted by atomic mass is 10.2. The normalized spacial score (nSPS) is 14.4. The SMILES string of the molecule is CC(C)C(C)S(=O)CCCOc1ccccc1N. The number of hydrogen-bond acceptors (Lipinski definition) is 3. The Morgan fingerprint density at radius 1 is 1.28 bits per heavy atom. The fourth-order valence-electron chi connectivity index (χ4n) is 1.48. The minimum atomic E-state index is -0.769. The van der Waals surface area contributed by atoms with Gasteiger partial charge in [-0.3, -0.25) is 4.21 Å². The van der Waals surface area contributed by atoms with Gasteiger partial charge in [-0.1, -0.05) is 32.9 Å². The highest BCUT2D eigenvalue weighted by molar-refractivity contribution is 7.85. The van der Waals surface area contributed by atoms with Crippen molar-refractivity contribution in [1.82, 2.24) is 0 Å². The van der Waals surface area contributed by atoms with E-state index in [9.17, 15) is 4.21 Å². The Morgan fingerprint density at radius 3 is 2.56 bits per heavy atom. The predicted molar refractivity (Wildman–Crippen MR) is 78.3 cm³/mol. The Kier molecular flexibility index (Phi) is 6.19. The van der Waals surface area contributed by atoms with Crippen LogP contribution in [-0.2, 0) is 10.8 Å². The van der Waals surface area contributed by atoms with Crippen LogP contribution >= 0.6 is 0 Å². The quantitative estimate of drug-likeness (QED) is 0.611. The summed E-state index contributed by atoms with van der Waals surface area (Å²) in [6.07, 6.45) is 0.790. The zero-order valence-corrected chi connectivity index (χ0v) is 12.2. The minimum absolute atomic E-state index is 0.242. The van der Waals surface area contributed by atoms with E-state index in [4.69, 9.17) is 10.5 Å². The summed E-state index contributed by atoms with van der Waals surface area (Å²) < 4.78 is 17.5. The van der Waals surface area contributed by atoms with Crippen molar-refractivity contribution in [3.05, 3.63) is 24.3 Å². The van der Waals surface area contributed by atoms with Gasteiger partial charge in [0.2, 0.25) is 0 Å². The highest BCUT2D eigenvalue weighted by Gasteiger charge is 2.14. The number of hydrogen-bond donors (Lipinski definition) is 1. The number of anilines is 1. The van der Waals surface area contributed by atoms with Crippen LogP contribution in [0.4, 0.5) is 5.69 Å². The molecule has 0 aromatic heterocycles. The standard InChI is InChI=1S/C14H23NO2S/c1-11(2)12(3)18(16)10-6-9-17-14-8-5-4-7-13(14)15/h4-5,7-8,11-12H,6,9-10,15H2,1-3H3. The first kappa shape index (κ1) is 15.0. The van der Waals surface area contributed by atoms with E-state index < -0.39 is 10.8 Å². The van der Waals surface area contributed by atoms with Crippen molar-refractivity contribution in [1.29, 1.82) is 0 Å². The first-order chi connectivity index (χ1) is 8.52. The summed E-state index contributed by atoms with van der Waals surface area (Å²) in [5.41, 5.74) is 6.41. The second kappa shape index (κ2) is 7.41. The van der Waals surface area contributed by atoms with Crippen molar-refractivity contribution in [2.24, 2.45) is 5.92 Å². The van der Waals surface area contributed by atoms with Gasteiger partial charge >= 0.3 is 0 Å². The van der Waals surface area contributed by atoms with Crippen LogP contribution in [0.3, 0.4) is 0 Å². The Labute approximate surface area is 112 Å². The molecule has 2 unspecified atom stereocenters. The van der Waals surface area contributed by atoms with E-state index in [0.717, 1.165) is 6.42 Å². The Balaban J connectivity index is 2.27. The third kappa shape index (κ3) is 4.69. The van der Waals surface area contributed by atoms with Crippen LogP contribution < -0.4 is 10.5 Å². The van der Waals surface area contributed by atoms with Crippen molar-refractivity contribution >= 4 is 16.5 Å². The van der Waals surface area contributed by atoms with Crippen LogP contribution in [0.25, 0.3) is 0 Å². The van der Waals surface area contributed by atoms with Crippen LogP contribution in [-0.4, -0.2) is 21.8 Å². The molecule has 0 saturated carbocycles. The van der Waals surface area contributed by atoms with Crippen molar-refractivity contribution in [2.45, 2.75) is 32.4 Å². The molecule has 0 bridgehead atoms. The van der Waals surface area contributed by atoms with Crippen LogP contribution in [0.15, 0.2) is 24.3 Å². The smallest absolute Gasteiger partial charge is 0.142 e. The van der Waals surface area contributed by atoms with E-state index in [2.05, 4.69) is 13.8 Å². The molecule has 0 amide bonds. The number of nitrogens with two attached hydrogens (primary N) is 1. The van der Waals surface area contributed by atoms with Crippen LogP contribution in [0.1, 0.15) is 27.2 Å². The molecule has 1 aromatic rings. The van der Waals surface area contributed by atoms with E-state index in [1.807, 2.05) is 31.2 Å². The summed E-state index contributed by atoms with van der Waals surface area (Å²) in [7, 11) is -0.769. The summed E-state index contributed by atoms with van der Waals surface area (Å²) in [6, 6.07) is 7.43. The fraction of sp³-hybridized carbons (Fsp3) is 0.571. The molecule has 2 N–H and O–H groups in total. The van der Waals surface area contributed by atoms with E-state index >= 15 is 0 Å². The molecule has 4 heteroatoms. The van der Waals surface area contributed by atoms with E-state index in [1.54, 1.807) is 0 Å². The van der Waals surface area contributed by atoms with Gasteiger partial charge in [0.05, 0.1) is 12.3 Å². The average molecular weight is 269 g/mol. The maximum Gasteiger partial charge on any atom is 0.142 e. The molecule has 0 spiro atoms. The first-order valence-electron chi connectivity index (χ1n) is 6.37. The van der Waals surface area contributed by atoms with E-state index in [1.165, 1.54) is 0 Å². The molecule has 2 atom stereocenters. The van der Waals surface area contributed by atoms with Crippen LogP contribution in [0.5, 0.6) is 5.75 Å². The zero-order valence-electron chi connectivity index (χ0n) is 11.4. The third-order valence-electron chi connectivity index (χ3n) is 3.02. The molecule has 18 heavy (non-hydrogen) atoms. The number of rotatable bonds is 7. The number of benzene rings is 1. The van der Waals surface area contributed by atoms with Crippen LogP contribution in [0, 0.1) is 5.92 Å². The fourth-order valence-corrected chi connectivity index (χ4v) is 2.87. The summed E-state index contributed by atoms with van der Waals surface area (Å²) >= 11 is 0. The molecular weight excluding hydrogens is 246 g/mol. The predicted octanol–water partition coefficient (Wildman–Crippen LogP) is 2.83. The average Bonchev–Trinajstić information content (AvgIpc) is 2.35. The number of nitrogen functional groups attached to an aromatic ring is 1. The molecule has 0 radical (unpaired) electrons. The third-order valence-corrected chi connectivity index (χ3v) is 5.08. The summed E-state index contributed by atoms with van der Waals surface area (Å²) in [5.74, 6) is 1.85. The molecule has 0 saturated heterocycles. The van der Waals surface area contributed by atoms with Gasteiger partial charge in [-0.15, -0.1) is 0 Å². The Hall–Kier alpha value is -1.03. The number of ether oxygens (including phenoxy) is 1. The largest absolute Gasteiger partial charge is 0.491 e. The van der Waals surface area contributed by atoms with Crippen molar-refractivity contribution < 1.29 is 8.95 Å². The van der Waals surface area contributed by atoms with Gasteiger partial charge in [-0.05, 0) is 24.5 Å². The Bertz CT molecular complexity index is 393. The van der Waals surface area contributed by atoms with E-state index in [-0.39, 0.29) is 5.25 Å². The molecule has 0 aliphatic carbocycles. The van der Waals surface area contributed by atoms with Crippen molar-refractivity contribution in [2.75, 3.05) is 18.1 Å². The van der Waals surface area contributed by atoms with Gasteiger partial charge in [0.15, 0.2) is 0 Å². The lowest BCUT2D eigenvalue weighted by Gasteiger charge is -2.15. The van der Waals surface area contributed by atoms with E-state index in [0.29, 0.717) is 29.7 Å². The maximum atomic E-state index is 11.9. The van der Waals surface area contributed by atoms with Gasteiger partial charge < -0.3 is 10.5 Å². The van der Waals surface area contributed by atoms with Gasteiger partial charge in [-0.25, -0.2) is 0 Å². The molecule has 1 rings (SSSR count). The lowest BCUT2D eigenvalue weighted by Crippen LogP contribution is -2.20. The molecule has 0 heterocycles. The monoisotopic (exact) mass is 269 g/mol. The molecule has 0 aliphatic heterocycles. The molecular formula is C14H23NO2S. The second-order valence-electron chi connectivity index (χ2n) is 4.77. The van der Waals surface area contributed by atoms with Crippen molar-refractivity contribution in [3.8, 4) is 5.75 Å². The highest BCUT2D eigenvalue weighted by Crippen LogP contribution is 2.19. The second-order valence-corrected chi connectivity index (χ2v) is 6.69. The molecule has 102 valence electrons. The number of para-hydroxylation sites is 2. The molecule has 1 aromatic carbocycles. The molecule has 3 nitrogen and oxygen atoms in total. The van der Waals surface area contributed by atoms with Crippen LogP contribution in [0.2, 0.25) is 0 Å². The van der Waals surface area contributed by atoms with Gasteiger partial charge in [0.1, 0.15) is 5.75 Å². The van der Waals surface area contributed by atoms with Gasteiger partial charge in [-0.2, -0.15) is 0 Å². The first-order valence-corrected chi connectivity index (χ1v) is 7.75. The lowest BCUT2D eigenvalue weighted by molar-refractivity contribution is 0.320. The van der Waals surface area contributed by atoms with Gasteiger partial charge in [0, 0.05) is 21.8 Å². The summed E-state index contributed by atoms with van der Waals surface area (Å²) in [5, 5.41) is 0.242. The molecule has 0 fully saturated rings. The maximum absolute atomic E-state index is 11.9. The molecule has 0 aliphatic rings. The van der Waals surface area contributed by atoms with Gasteiger partial charge in [0.25, 0.3) is 0 Å².